The lowest BCUT2D eigenvalue weighted by Gasteiger charge is -2.19. The van der Waals surface area contributed by atoms with E-state index in [0.717, 1.165) is 12.3 Å². The smallest absolute Gasteiger partial charge is 0.456 e. The molecule has 0 saturated heterocycles. The zero-order valence-electron chi connectivity index (χ0n) is 13.6. The zero-order chi connectivity index (χ0) is 20.5. The van der Waals surface area contributed by atoms with Crippen LogP contribution in [0.3, 0.4) is 0 Å². The van der Waals surface area contributed by atoms with Gasteiger partial charge in [-0.25, -0.2) is 13.4 Å². The Balaban J connectivity index is 2.30. The lowest BCUT2D eigenvalue weighted by atomic mass is 10.2. The minimum atomic E-state index is -5.74. The van der Waals surface area contributed by atoms with Gasteiger partial charge in [-0.15, -0.1) is 0 Å². The topological polar surface area (TPSA) is 69.2 Å². The van der Waals surface area contributed by atoms with Crippen molar-refractivity contribution < 1.29 is 35.1 Å². The molecule has 2 rings (SSSR count). The Kier molecular flexibility index (Phi) is 5.95. The molecule has 0 aliphatic heterocycles. The van der Waals surface area contributed by atoms with Crippen molar-refractivity contribution in [3.63, 3.8) is 0 Å². The molecule has 5 nitrogen and oxygen atoms in total. The van der Waals surface area contributed by atoms with Crippen LogP contribution in [0.4, 0.5) is 22.0 Å². The number of rotatable bonds is 6. The summed E-state index contributed by atoms with van der Waals surface area (Å²) in [5.74, 6) is -5.59. The third-order valence-electron chi connectivity index (χ3n) is 3.35. The van der Waals surface area contributed by atoms with E-state index in [1.807, 2.05) is 0 Å². The fraction of sp³-hybridized carbons (Fsp3) is 0.333. The molecule has 0 aromatic carbocycles. The summed E-state index contributed by atoms with van der Waals surface area (Å²) in [5, 5.41) is -0.00741. The zero-order valence-corrected chi connectivity index (χ0v) is 15.2. The molecule has 0 amide bonds. The highest BCUT2D eigenvalue weighted by Gasteiger charge is 2.58. The summed E-state index contributed by atoms with van der Waals surface area (Å²) >= 11 is 5.79. The lowest BCUT2D eigenvalue weighted by Crippen LogP contribution is -2.41. The fourth-order valence-corrected chi connectivity index (χ4v) is 3.05. The van der Waals surface area contributed by atoms with Crippen molar-refractivity contribution in [3.8, 4) is 17.1 Å². The van der Waals surface area contributed by atoms with Crippen LogP contribution in [-0.2, 0) is 9.84 Å². The summed E-state index contributed by atoms with van der Waals surface area (Å²) in [4.78, 5) is 7.60. The monoisotopic (exact) mass is 430 g/mol. The maximum atomic E-state index is 12.9. The molecule has 2 aromatic rings. The van der Waals surface area contributed by atoms with E-state index in [2.05, 4.69) is 14.7 Å². The molecule has 0 atom stereocenters. The van der Waals surface area contributed by atoms with Crippen molar-refractivity contribution in [3.05, 3.63) is 35.6 Å². The summed E-state index contributed by atoms with van der Waals surface area (Å²) < 4.78 is 90.9. The van der Waals surface area contributed by atoms with Gasteiger partial charge in [-0.05, 0) is 24.3 Å². The number of nitrogens with zero attached hydrogens (tertiary/aromatic N) is 2. The highest BCUT2D eigenvalue weighted by atomic mass is 35.5. The van der Waals surface area contributed by atoms with Crippen LogP contribution < -0.4 is 4.74 Å². The molecule has 2 heterocycles. The normalized spacial score (nSPS) is 12.9. The first-order valence-electron chi connectivity index (χ1n) is 7.30. The number of ether oxygens (including phenoxy) is 1. The van der Waals surface area contributed by atoms with Crippen LogP contribution in [0.15, 0.2) is 35.4 Å². The number of hydrogen-bond acceptors (Lipinski definition) is 5. The van der Waals surface area contributed by atoms with Crippen LogP contribution in [0.2, 0.25) is 5.15 Å². The number of sulfone groups is 1. The number of alkyl halides is 5. The van der Waals surface area contributed by atoms with E-state index >= 15 is 0 Å². The minimum absolute atomic E-state index is 0.00741. The second-order valence-corrected chi connectivity index (χ2v) is 7.89. The van der Waals surface area contributed by atoms with Gasteiger partial charge in [0.05, 0.1) is 22.5 Å². The van der Waals surface area contributed by atoms with E-state index in [-0.39, 0.29) is 32.9 Å². The summed E-state index contributed by atoms with van der Waals surface area (Å²) in [6, 6.07) is 4.78. The molecule has 0 spiro atoms. The molecule has 0 N–H and O–H groups in total. The SMILES string of the molecule is CCS(=O)(=O)c1ccc(Cl)nc1-c1ccc(OCC(F)(F)C(F)(F)F)cn1. The molecule has 0 saturated carbocycles. The molecule has 0 bridgehead atoms. The Morgan fingerprint density at radius 3 is 2.30 bits per heavy atom. The van der Waals surface area contributed by atoms with E-state index < -0.39 is 28.5 Å². The van der Waals surface area contributed by atoms with Crippen LogP contribution in [0.25, 0.3) is 11.4 Å². The lowest BCUT2D eigenvalue weighted by molar-refractivity contribution is -0.290. The quantitative estimate of drug-likeness (QED) is 0.508. The minimum Gasteiger partial charge on any atom is -0.485 e. The Morgan fingerprint density at radius 2 is 1.78 bits per heavy atom. The molecule has 0 fully saturated rings. The first-order valence-corrected chi connectivity index (χ1v) is 9.33. The number of halogens is 6. The van der Waals surface area contributed by atoms with Crippen molar-refractivity contribution >= 4 is 21.4 Å². The summed E-state index contributed by atoms with van der Waals surface area (Å²) in [5.41, 5.74) is -0.0454. The van der Waals surface area contributed by atoms with Crippen molar-refractivity contribution in [2.45, 2.75) is 23.9 Å². The van der Waals surface area contributed by atoms with Crippen molar-refractivity contribution in [1.82, 2.24) is 9.97 Å². The van der Waals surface area contributed by atoms with Crippen LogP contribution in [0.1, 0.15) is 6.92 Å². The van der Waals surface area contributed by atoms with Gasteiger partial charge in [-0.1, -0.05) is 18.5 Å². The molecule has 0 radical (unpaired) electrons. The predicted molar refractivity (Wildman–Crippen MR) is 86.7 cm³/mol. The van der Waals surface area contributed by atoms with Gasteiger partial charge in [0.2, 0.25) is 0 Å². The van der Waals surface area contributed by atoms with Crippen molar-refractivity contribution in [1.29, 1.82) is 0 Å². The van der Waals surface area contributed by atoms with Gasteiger partial charge in [-0.3, -0.25) is 4.98 Å². The number of pyridine rings is 2. The largest absolute Gasteiger partial charge is 0.485 e. The Hall–Kier alpha value is -2.01. The maximum Gasteiger partial charge on any atom is 0.456 e. The molecule has 0 aliphatic rings. The van der Waals surface area contributed by atoms with Gasteiger partial charge in [0.15, 0.2) is 16.4 Å². The Labute approximate surface area is 156 Å². The highest BCUT2D eigenvalue weighted by Crippen LogP contribution is 2.36. The van der Waals surface area contributed by atoms with E-state index in [0.29, 0.717) is 0 Å². The fourth-order valence-electron chi connectivity index (χ4n) is 1.87. The van der Waals surface area contributed by atoms with Crippen LogP contribution in [-0.4, -0.2) is 42.8 Å². The third kappa shape index (κ3) is 4.83. The van der Waals surface area contributed by atoms with Crippen molar-refractivity contribution in [2.24, 2.45) is 0 Å². The summed E-state index contributed by atoms with van der Waals surface area (Å²) in [6.07, 6.45) is -4.86. The number of aromatic nitrogens is 2. The predicted octanol–water partition coefficient (Wildman–Crippen LogP) is 4.17. The van der Waals surface area contributed by atoms with Gasteiger partial charge in [0, 0.05) is 0 Å². The number of hydrogen-bond donors (Lipinski definition) is 0. The molecule has 27 heavy (non-hydrogen) atoms. The molecule has 2 aromatic heterocycles. The third-order valence-corrected chi connectivity index (χ3v) is 5.32. The van der Waals surface area contributed by atoms with E-state index in [1.54, 1.807) is 0 Å². The first-order chi connectivity index (χ1) is 12.4. The second-order valence-electron chi connectivity index (χ2n) is 5.25. The molecule has 148 valence electrons. The average molecular weight is 431 g/mol. The molecular weight excluding hydrogens is 419 g/mol. The standard InChI is InChI=1S/C15H12ClF5N2O3S/c1-2-27(24,25)11-5-6-12(16)23-13(11)10-4-3-9(7-22-10)26-8-14(17,18)15(19,20)21/h3-7H,2,8H2,1H3. The Bertz CT molecular complexity index is 918. The van der Waals surface area contributed by atoms with Crippen LogP contribution in [0.5, 0.6) is 5.75 Å². The molecule has 0 unspecified atom stereocenters. The summed E-state index contributed by atoms with van der Waals surface area (Å²) in [6.45, 7) is -0.485. The van der Waals surface area contributed by atoms with Gasteiger partial charge in [0.25, 0.3) is 0 Å². The van der Waals surface area contributed by atoms with Gasteiger partial charge in [0.1, 0.15) is 16.6 Å². The van der Waals surface area contributed by atoms with Gasteiger partial charge >= 0.3 is 12.1 Å². The van der Waals surface area contributed by atoms with Crippen LogP contribution in [0, 0.1) is 0 Å². The van der Waals surface area contributed by atoms with Gasteiger partial charge < -0.3 is 4.74 Å². The van der Waals surface area contributed by atoms with Crippen molar-refractivity contribution in [2.75, 3.05) is 12.4 Å². The van der Waals surface area contributed by atoms with E-state index in [1.165, 1.54) is 25.1 Å². The first kappa shape index (κ1) is 21.3. The molecular formula is C15H12ClF5N2O3S. The molecule has 12 heteroatoms. The van der Waals surface area contributed by atoms with E-state index in [4.69, 9.17) is 11.6 Å². The highest BCUT2D eigenvalue weighted by molar-refractivity contribution is 7.91. The Morgan fingerprint density at radius 1 is 1.11 bits per heavy atom. The second kappa shape index (κ2) is 7.55. The van der Waals surface area contributed by atoms with Gasteiger partial charge in [-0.2, -0.15) is 22.0 Å². The average Bonchev–Trinajstić information content (AvgIpc) is 2.59. The molecule has 0 aliphatic carbocycles. The summed E-state index contributed by atoms with van der Waals surface area (Å²) in [7, 11) is -3.67. The van der Waals surface area contributed by atoms with Crippen LogP contribution >= 0.6 is 11.6 Å². The van der Waals surface area contributed by atoms with E-state index in [9.17, 15) is 30.4 Å². The maximum absolute atomic E-state index is 12.9.